The summed E-state index contributed by atoms with van der Waals surface area (Å²) in [4.78, 5) is 15.9. The molecule has 2 N–H and O–H groups in total. The van der Waals surface area contributed by atoms with E-state index in [0.29, 0.717) is 5.92 Å². The lowest BCUT2D eigenvalue weighted by molar-refractivity contribution is 0.413. The maximum absolute atomic E-state index is 5.83. The Hall–Kier alpha value is -2.51. The van der Waals surface area contributed by atoms with E-state index in [2.05, 4.69) is 54.9 Å². The molecule has 4 heterocycles. The lowest BCUT2D eigenvalue weighted by Crippen LogP contribution is -2.36. The van der Waals surface area contributed by atoms with Gasteiger partial charge >= 0.3 is 0 Å². The molecule has 26 heavy (non-hydrogen) atoms. The molecule has 0 bridgehead atoms. The molecule has 5 rings (SSSR count). The zero-order valence-corrected chi connectivity index (χ0v) is 15.2. The zero-order valence-electron chi connectivity index (χ0n) is 14.4. The largest absolute Gasteiger partial charge is 0.356 e. The summed E-state index contributed by atoms with van der Waals surface area (Å²) in [6.45, 7) is 2.79. The van der Waals surface area contributed by atoms with Gasteiger partial charge in [-0.25, -0.2) is 15.0 Å². The van der Waals surface area contributed by atoms with Crippen LogP contribution >= 0.6 is 11.3 Å². The second kappa shape index (κ2) is 6.34. The van der Waals surface area contributed by atoms with Gasteiger partial charge in [-0.2, -0.15) is 0 Å². The Balaban J connectivity index is 1.55. The number of nitrogens with zero attached hydrogens (tertiary/aromatic N) is 5. The van der Waals surface area contributed by atoms with E-state index < -0.39 is 0 Å². The minimum atomic E-state index is 0.638. The fraction of sp³-hybridized carbons (Fsp3) is 0.316. The van der Waals surface area contributed by atoms with Crippen molar-refractivity contribution in [2.24, 2.45) is 11.7 Å². The molecular weight excluding hydrogens is 344 g/mol. The molecule has 0 aliphatic carbocycles. The third kappa shape index (κ3) is 2.55. The zero-order chi connectivity index (χ0) is 17.5. The third-order valence-corrected chi connectivity index (χ3v) is 6.09. The highest BCUT2D eigenvalue weighted by molar-refractivity contribution is 7.16. The predicted octanol–water partition coefficient (Wildman–Crippen LogP) is 3.21. The van der Waals surface area contributed by atoms with Crippen LogP contribution < -0.4 is 10.6 Å². The van der Waals surface area contributed by atoms with Crippen molar-refractivity contribution in [1.82, 2.24) is 19.5 Å². The maximum atomic E-state index is 5.83. The quantitative estimate of drug-likeness (QED) is 0.604. The normalized spacial score (nSPS) is 16.0. The summed E-state index contributed by atoms with van der Waals surface area (Å²) in [5.74, 6) is 1.67. The average Bonchev–Trinajstić information content (AvgIpc) is 3.34. The SMILES string of the molecule is NCC1CCN(c2ncnc3c2ccn3-c2ccc3ncsc3c2)CC1. The second-order valence-electron chi connectivity index (χ2n) is 6.79. The standard InChI is InChI=1S/C19H20N6S/c20-10-13-3-6-24(7-4-13)18-15-5-8-25(19(15)22-11-21-18)14-1-2-16-17(9-14)26-12-23-16/h1-2,5,8-9,11-13H,3-4,6-7,10,20H2. The van der Waals surface area contributed by atoms with E-state index in [9.17, 15) is 0 Å². The molecule has 0 unspecified atom stereocenters. The molecule has 4 aromatic rings. The van der Waals surface area contributed by atoms with Crippen LogP contribution in [0.3, 0.4) is 0 Å². The first-order chi connectivity index (χ1) is 12.8. The van der Waals surface area contributed by atoms with Gasteiger partial charge in [0.2, 0.25) is 0 Å². The molecule has 0 atom stereocenters. The maximum Gasteiger partial charge on any atom is 0.150 e. The first kappa shape index (κ1) is 15.7. The number of hydrogen-bond acceptors (Lipinski definition) is 6. The second-order valence-corrected chi connectivity index (χ2v) is 7.68. The Morgan fingerprint density at radius 3 is 2.85 bits per heavy atom. The lowest BCUT2D eigenvalue weighted by Gasteiger charge is -2.32. The van der Waals surface area contributed by atoms with E-state index in [0.717, 1.165) is 60.5 Å². The van der Waals surface area contributed by atoms with Crippen molar-refractivity contribution < 1.29 is 0 Å². The number of hydrogen-bond donors (Lipinski definition) is 1. The monoisotopic (exact) mass is 364 g/mol. The molecule has 1 aliphatic heterocycles. The molecule has 0 saturated carbocycles. The predicted molar refractivity (Wildman–Crippen MR) is 106 cm³/mol. The van der Waals surface area contributed by atoms with Crippen LogP contribution in [0.4, 0.5) is 5.82 Å². The molecule has 0 spiro atoms. The van der Waals surface area contributed by atoms with E-state index in [1.54, 1.807) is 17.7 Å². The number of fused-ring (bicyclic) bond motifs is 2. The van der Waals surface area contributed by atoms with Gasteiger partial charge in [-0.05, 0) is 49.6 Å². The first-order valence-electron chi connectivity index (χ1n) is 8.94. The van der Waals surface area contributed by atoms with Crippen molar-refractivity contribution in [2.75, 3.05) is 24.5 Å². The highest BCUT2D eigenvalue weighted by Gasteiger charge is 2.21. The summed E-state index contributed by atoms with van der Waals surface area (Å²) < 4.78 is 3.31. The Kier molecular flexibility index (Phi) is 3.83. The summed E-state index contributed by atoms with van der Waals surface area (Å²) in [6.07, 6.45) is 6.02. The van der Waals surface area contributed by atoms with Crippen LogP contribution in [-0.2, 0) is 0 Å². The van der Waals surface area contributed by atoms with Crippen molar-refractivity contribution in [3.63, 3.8) is 0 Å². The van der Waals surface area contributed by atoms with Gasteiger partial charge in [0.25, 0.3) is 0 Å². The van der Waals surface area contributed by atoms with Crippen LogP contribution in [-0.4, -0.2) is 39.2 Å². The number of nitrogens with two attached hydrogens (primary N) is 1. The third-order valence-electron chi connectivity index (χ3n) is 5.30. The van der Waals surface area contributed by atoms with Crippen molar-refractivity contribution in [1.29, 1.82) is 0 Å². The molecule has 1 fully saturated rings. The molecule has 7 heteroatoms. The molecule has 132 valence electrons. The van der Waals surface area contributed by atoms with E-state index in [4.69, 9.17) is 5.73 Å². The molecule has 1 saturated heterocycles. The Labute approximate surface area is 155 Å². The van der Waals surface area contributed by atoms with Gasteiger partial charge in [0, 0.05) is 25.0 Å². The molecule has 0 radical (unpaired) electrons. The summed E-state index contributed by atoms with van der Waals surface area (Å²) in [5.41, 5.74) is 10.8. The molecule has 6 nitrogen and oxygen atoms in total. The minimum Gasteiger partial charge on any atom is -0.356 e. The average molecular weight is 364 g/mol. The molecule has 1 aromatic carbocycles. The highest BCUT2D eigenvalue weighted by Crippen LogP contribution is 2.30. The number of piperidine rings is 1. The fourth-order valence-electron chi connectivity index (χ4n) is 3.77. The van der Waals surface area contributed by atoms with Gasteiger partial charge < -0.3 is 15.2 Å². The van der Waals surface area contributed by atoms with Crippen LogP contribution in [0.25, 0.3) is 26.9 Å². The summed E-state index contributed by atoms with van der Waals surface area (Å²) >= 11 is 1.66. The smallest absolute Gasteiger partial charge is 0.150 e. The number of anilines is 1. The van der Waals surface area contributed by atoms with Crippen molar-refractivity contribution in [3.05, 3.63) is 42.3 Å². The van der Waals surface area contributed by atoms with Crippen LogP contribution in [0.15, 0.2) is 42.3 Å². The van der Waals surface area contributed by atoms with E-state index in [-0.39, 0.29) is 0 Å². The molecule has 0 amide bonds. The van der Waals surface area contributed by atoms with Crippen LogP contribution in [0.2, 0.25) is 0 Å². The van der Waals surface area contributed by atoms with Gasteiger partial charge in [0.05, 0.1) is 21.1 Å². The fourth-order valence-corrected chi connectivity index (χ4v) is 4.48. The molecule has 3 aromatic heterocycles. The van der Waals surface area contributed by atoms with Crippen LogP contribution in [0.1, 0.15) is 12.8 Å². The lowest BCUT2D eigenvalue weighted by atomic mass is 9.97. The van der Waals surface area contributed by atoms with Gasteiger partial charge in [-0.15, -0.1) is 11.3 Å². The number of aromatic nitrogens is 4. The van der Waals surface area contributed by atoms with E-state index >= 15 is 0 Å². The van der Waals surface area contributed by atoms with Crippen LogP contribution in [0, 0.1) is 5.92 Å². The van der Waals surface area contributed by atoms with Crippen molar-refractivity contribution in [2.45, 2.75) is 12.8 Å². The van der Waals surface area contributed by atoms with Crippen molar-refractivity contribution >= 4 is 38.4 Å². The highest BCUT2D eigenvalue weighted by atomic mass is 32.1. The van der Waals surface area contributed by atoms with Gasteiger partial charge in [0.15, 0.2) is 0 Å². The molecular formula is C19H20N6S. The molecule has 1 aliphatic rings. The Morgan fingerprint density at radius 2 is 2.00 bits per heavy atom. The van der Waals surface area contributed by atoms with Crippen LogP contribution in [0.5, 0.6) is 0 Å². The summed E-state index contributed by atoms with van der Waals surface area (Å²) in [6, 6.07) is 8.44. The van der Waals surface area contributed by atoms with E-state index in [1.807, 2.05) is 5.51 Å². The number of rotatable bonds is 3. The number of thiazole rings is 1. The summed E-state index contributed by atoms with van der Waals surface area (Å²) in [5, 5.41) is 1.10. The first-order valence-corrected chi connectivity index (χ1v) is 9.82. The van der Waals surface area contributed by atoms with Gasteiger partial charge in [-0.3, -0.25) is 0 Å². The topological polar surface area (TPSA) is 72.9 Å². The minimum absolute atomic E-state index is 0.638. The Bertz CT molecular complexity index is 1060. The summed E-state index contributed by atoms with van der Waals surface area (Å²) in [7, 11) is 0. The van der Waals surface area contributed by atoms with Crippen molar-refractivity contribution in [3.8, 4) is 5.69 Å². The van der Waals surface area contributed by atoms with Gasteiger partial charge in [0.1, 0.15) is 17.8 Å². The number of benzene rings is 1. The van der Waals surface area contributed by atoms with Gasteiger partial charge in [-0.1, -0.05) is 0 Å². The Morgan fingerprint density at radius 1 is 1.12 bits per heavy atom. The van der Waals surface area contributed by atoms with E-state index in [1.165, 1.54) is 4.70 Å².